The molecule has 2 aliphatic heterocycles. The molecule has 0 saturated carbocycles. The number of benzene rings is 2. The third kappa shape index (κ3) is 3.88. The second-order valence-corrected chi connectivity index (χ2v) is 8.09. The predicted molar refractivity (Wildman–Crippen MR) is 114 cm³/mol. The van der Waals surface area contributed by atoms with E-state index in [-0.39, 0.29) is 24.4 Å². The molecule has 1 saturated heterocycles. The van der Waals surface area contributed by atoms with E-state index in [1.165, 1.54) is 6.07 Å². The number of ether oxygens (including phenoxy) is 1. The van der Waals surface area contributed by atoms with Crippen molar-refractivity contribution in [3.05, 3.63) is 76.3 Å². The second kappa shape index (κ2) is 8.28. The Hall–Kier alpha value is -2.97. The van der Waals surface area contributed by atoms with E-state index < -0.39 is 0 Å². The van der Waals surface area contributed by atoms with Crippen molar-refractivity contribution in [3.8, 4) is 0 Å². The number of piperazine rings is 1. The van der Waals surface area contributed by atoms with Crippen LogP contribution < -0.4 is 4.90 Å². The molecule has 31 heavy (non-hydrogen) atoms. The first kappa shape index (κ1) is 20.0. The predicted octanol–water partition coefficient (Wildman–Crippen LogP) is 3.30. The quantitative estimate of drug-likeness (QED) is 0.624. The molecule has 1 atom stereocenters. The highest BCUT2D eigenvalue weighted by Crippen LogP contribution is 2.28. The number of hydrogen-bond acceptors (Lipinski definition) is 5. The van der Waals surface area contributed by atoms with Crippen molar-refractivity contribution in [2.75, 3.05) is 31.1 Å². The van der Waals surface area contributed by atoms with Crippen molar-refractivity contribution in [1.82, 2.24) is 19.9 Å². The fourth-order valence-electron chi connectivity index (χ4n) is 4.07. The first-order valence-corrected chi connectivity index (χ1v) is 10.6. The monoisotopic (exact) mass is 441 g/mol. The summed E-state index contributed by atoms with van der Waals surface area (Å²) in [7, 11) is 0. The van der Waals surface area contributed by atoms with Crippen molar-refractivity contribution in [2.24, 2.45) is 0 Å². The Labute approximate surface area is 184 Å². The molecule has 7 nitrogen and oxygen atoms in total. The first-order valence-electron chi connectivity index (χ1n) is 10.2. The molecular weight excluding hydrogens is 421 g/mol. The van der Waals surface area contributed by atoms with Gasteiger partial charge in [-0.25, -0.2) is 9.07 Å². The molecule has 3 heterocycles. The lowest BCUT2D eigenvalue weighted by Crippen LogP contribution is -2.49. The van der Waals surface area contributed by atoms with Crippen molar-refractivity contribution in [1.29, 1.82) is 0 Å². The smallest absolute Gasteiger partial charge is 0.276 e. The molecule has 0 aliphatic carbocycles. The highest BCUT2D eigenvalue weighted by Gasteiger charge is 2.31. The number of carbonyl (C=O) groups excluding carboxylic acids is 1. The number of aromatic nitrogens is 3. The van der Waals surface area contributed by atoms with Gasteiger partial charge in [-0.1, -0.05) is 41.1 Å². The summed E-state index contributed by atoms with van der Waals surface area (Å²) in [6, 6.07) is 14.2. The van der Waals surface area contributed by atoms with Gasteiger partial charge in [-0.15, -0.1) is 5.10 Å². The zero-order valence-corrected chi connectivity index (χ0v) is 17.5. The number of hydrogen-bond donors (Lipinski definition) is 0. The zero-order valence-electron chi connectivity index (χ0n) is 16.7. The molecule has 160 valence electrons. The maximum absolute atomic E-state index is 14.1. The van der Waals surface area contributed by atoms with Gasteiger partial charge in [-0.2, -0.15) is 0 Å². The van der Waals surface area contributed by atoms with Crippen LogP contribution in [0.5, 0.6) is 0 Å². The van der Waals surface area contributed by atoms with Crippen LogP contribution in [-0.2, 0) is 17.9 Å². The van der Waals surface area contributed by atoms with Gasteiger partial charge in [0.1, 0.15) is 11.9 Å². The SMILES string of the molecule is O=C(c1nnn2c1COC(c1ccc(Cl)cc1)C2)N1CCN(c2ccccc2F)CC1. The summed E-state index contributed by atoms with van der Waals surface area (Å²) in [5.41, 5.74) is 2.58. The topological polar surface area (TPSA) is 63.5 Å². The van der Waals surface area contributed by atoms with Gasteiger partial charge in [0, 0.05) is 31.2 Å². The van der Waals surface area contributed by atoms with Gasteiger partial charge in [0.25, 0.3) is 5.91 Å². The molecule has 1 aromatic heterocycles. The van der Waals surface area contributed by atoms with E-state index in [0.717, 1.165) is 5.56 Å². The summed E-state index contributed by atoms with van der Waals surface area (Å²) < 4.78 is 21.8. The molecular formula is C22H21ClFN5O2. The van der Waals surface area contributed by atoms with Gasteiger partial charge in [0.15, 0.2) is 5.69 Å². The summed E-state index contributed by atoms with van der Waals surface area (Å²) >= 11 is 5.96. The van der Waals surface area contributed by atoms with E-state index in [9.17, 15) is 9.18 Å². The molecule has 1 unspecified atom stereocenters. The maximum Gasteiger partial charge on any atom is 0.276 e. The van der Waals surface area contributed by atoms with Crippen LogP contribution in [0.25, 0.3) is 0 Å². The third-order valence-corrected chi connectivity index (χ3v) is 6.05. The number of nitrogens with zero attached hydrogens (tertiary/aromatic N) is 5. The number of carbonyl (C=O) groups is 1. The standard InChI is InChI=1S/C22H21ClFN5O2/c23-16-7-5-15(6-8-16)20-13-29-19(14-31-20)21(25-26-29)22(30)28-11-9-27(10-12-28)18-4-2-1-3-17(18)24/h1-8,20H,9-14H2. The summed E-state index contributed by atoms with van der Waals surface area (Å²) in [5, 5.41) is 9.02. The molecule has 3 aromatic rings. The summed E-state index contributed by atoms with van der Waals surface area (Å²) in [4.78, 5) is 16.8. The van der Waals surface area contributed by atoms with Gasteiger partial charge in [0.05, 0.1) is 24.5 Å². The minimum absolute atomic E-state index is 0.164. The summed E-state index contributed by atoms with van der Waals surface area (Å²) in [5.74, 6) is -0.412. The van der Waals surface area contributed by atoms with Crippen LogP contribution in [0.1, 0.15) is 27.8 Å². The van der Waals surface area contributed by atoms with Gasteiger partial charge >= 0.3 is 0 Å². The Morgan fingerprint density at radius 3 is 2.55 bits per heavy atom. The number of fused-ring (bicyclic) bond motifs is 1. The van der Waals surface area contributed by atoms with E-state index in [1.807, 2.05) is 35.2 Å². The summed E-state index contributed by atoms with van der Waals surface area (Å²) in [6.07, 6.45) is -0.168. The maximum atomic E-state index is 14.1. The fourth-order valence-corrected chi connectivity index (χ4v) is 4.19. The molecule has 1 amide bonds. The lowest BCUT2D eigenvalue weighted by atomic mass is 10.1. The minimum Gasteiger partial charge on any atom is -0.366 e. The van der Waals surface area contributed by atoms with Crippen LogP contribution in [-0.4, -0.2) is 52.0 Å². The van der Waals surface area contributed by atoms with Crippen LogP contribution in [0.4, 0.5) is 10.1 Å². The Morgan fingerprint density at radius 1 is 1.06 bits per heavy atom. The van der Waals surface area contributed by atoms with Crippen molar-refractivity contribution in [3.63, 3.8) is 0 Å². The molecule has 9 heteroatoms. The third-order valence-electron chi connectivity index (χ3n) is 5.80. The van der Waals surface area contributed by atoms with Crippen molar-refractivity contribution < 1.29 is 13.9 Å². The molecule has 2 aromatic carbocycles. The van der Waals surface area contributed by atoms with Crippen LogP contribution >= 0.6 is 11.6 Å². The van der Waals surface area contributed by atoms with E-state index >= 15 is 0 Å². The molecule has 0 radical (unpaired) electrons. The van der Waals surface area contributed by atoms with Crippen LogP contribution in [0, 0.1) is 5.82 Å². The van der Waals surface area contributed by atoms with Crippen LogP contribution in [0.3, 0.4) is 0 Å². The van der Waals surface area contributed by atoms with Crippen molar-refractivity contribution in [2.45, 2.75) is 19.3 Å². The lowest BCUT2D eigenvalue weighted by molar-refractivity contribution is -0.00196. The number of rotatable bonds is 3. The van der Waals surface area contributed by atoms with E-state index in [4.69, 9.17) is 16.3 Å². The Balaban J connectivity index is 1.26. The number of halogens is 2. The second-order valence-electron chi connectivity index (χ2n) is 7.65. The highest BCUT2D eigenvalue weighted by molar-refractivity contribution is 6.30. The largest absolute Gasteiger partial charge is 0.366 e. The Kier molecular flexibility index (Phi) is 5.33. The molecule has 5 rings (SSSR count). The lowest BCUT2D eigenvalue weighted by Gasteiger charge is -2.36. The fraction of sp³-hybridized carbons (Fsp3) is 0.318. The highest BCUT2D eigenvalue weighted by atomic mass is 35.5. The summed E-state index contributed by atoms with van der Waals surface area (Å²) in [6.45, 7) is 2.85. The van der Waals surface area contributed by atoms with E-state index in [0.29, 0.717) is 54.8 Å². The molecule has 0 spiro atoms. The molecule has 0 N–H and O–H groups in total. The average Bonchev–Trinajstić information content (AvgIpc) is 3.23. The molecule has 1 fully saturated rings. The normalized spacial score (nSPS) is 18.7. The van der Waals surface area contributed by atoms with Gasteiger partial charge < -0.3 is 14.5 Å². The van der Waals surface area contributed by atoms with Gasteiger partial charge in [-0.05, 0) is 29.8 Å². The Bertz CT molecular complexity index is 1100. The van der Waals surface area contributed by atoms with Crippen molar-refractivity contribution >= 4 is 23.2 Å². The van der Waals surface area contributed by atoms with Gasteiger partial charge in [-0.3, -0.25) is 4.79 Å². The minimum atomic E-state index is -0.248. The molecule has 2 aliphatic rings. The Morgan fingerprint density at radius 2 is 1.81 bits per heavy atom. The molecule has 0 bridgehead atoms. The number of amides is 1. The van der Waals surface area contributed by atoms with E-state index in [1.54, 1.807) is 21.7 Å². The first-order chi connectivity index (χ1) is 15.1. The zero-order chi connectivity index (χ0) is 21.4. The number of para-hydroxylation sites is 1. The van der Waals surface area contributed by atoms with Crippen LogP contribution in [0.2, 0.25) is 5.02 Å². The van der Waals surface area contributed by atoms with Gasteiger partial charge in [0.2, 0.25) is 0 Å². The van der Waals surface area contributed by atoms with Crippen LogP contribution in [0.15, 0.2) is 48.5 Å². The van der Waals surface area contributed by atoms with E-state index in [2.05, 4.69) is 10.3 Å². The number of anilines is 1. The average molecular weight is 442 g/mol.